The summed E-state index contributed by atoms with van der Waals surface area (Å²) in [5.41, 5.74) is 0.631. The molecular weight excluding hydrogens is 354 g/mol. The van der Waals surface area contributed by atoms with Crippen LogP contribution in [0.4, 0.5) is 5.69 Å². The molecule has 1 N–H and O–H groups in total. The van der Waals surface area contributed by atoms with Gasteiger partial charge < -0.3 is 19.9 Å². The number of piperidine rings is 1. The molecule has 2 amide bonds. The maximum absolute atomic E-state index is 13.0. The number of likely N-dealkylation sites (tertiary alicyclic amines) is 1. The van der Waals surface area contributed by atoms with Crippen LogP contribution in [0.1, 0.15) is 19.3 Å². The fraction of sp³-hybridized carbons (Fsp3) is 0.579. The van der Waals surface area contributed by atoms with Gasteiger partial charge >= 0.3 is 0 Å². The number of hydrogen-bond donors (Lipinski definition) is 1. The molecule has 0 spiro atoms. The maximum atomic E-state index is 13.0. The summed E-state index contributed by atoms with van der Waals surface area (Å²) in [4.78, 5) is 29.1. The third kappa shape index (κ3) is 3.96. The van der Waals surface area contributed by atoms with Gasteiger partial charge in [-0.25, -0.2) is 0 Å². The molecule has 2 unspecified atom stereocenters. The Labute approximate surface area is 159 Å². The fourth-order valence-corrected chi connectivity index (χ4v) is 4.12. The number of carbonyl (C=O) groups excluding carboxylic acids is 2. The average molecular weight is 380 g/mol. The number of rotatable bonds is 5. The summed E-state index contributed by atoms with van der Waals surface area (Å²) in [6, 6.07) is 5.19. The third-order valence-electron chi connectivity index (χ3n) is 5.23. The van der Waals surface area contributed by atoms with Crippen molar-refractivity contribution in [1.82, 2.24) is 10.2 Å². The third-order valence-corrected chi connectivity index (χ3v) is 5.46. The number of nitrogens with one attached hydrogen (secondary N) is 1. The molecule has 6 nitrogen and oxygen atoms in total. The molecule has 2 heterocycles. The predicted octanol–water partition coefficient (Wildman–Crippen LogP) is 2.16. The summed E-state index contributed by atoms with van der Waals surface area (Å²) in [6.45, 7) is 2.84. The highest BCUT2D eigenvalue weighted by Crippen LogP contribution is 2.35. The molecule has 1 aromatic rings. The minimum atomic E-state index is -0.306. The van der Waals surface area contributed by atoms with Gasteiger partial charge in [-0.2, -0.15) is 0 Å². The second kappa shape index (κ2) is 8.27. The Morgan fingerprint density at radius 3 is 2.92 bits per heavy atom. The maximum Gasteiger partial charge on any atom is 0.228 e. The van der Waals surface area contributed by atoms with Gasteiger partial charge in [0.05, 0.1) is 18.7 Å². The molecule has 0 radical (unpaired) electrons. The first-order chi connectivity index (χ1) is 12.5. The number of nitrogens with zero attached hydrogens (tertiary/aromatic N) is 2. The minimum absolute atomic E-state index is 0.0623. The topological polar surface area (TPSA) is 61.9 Å². The molecule has 0 saturated carbocycles. The first kappa shape index (κ1) is 19.0. The molecule has 2 saturated heterocycles. The van der Waals surface area contributed by atoms with E-state index < -0.39 is 0 Å². The molecule has 2 aliphatic rings. The Balaban J connectivity index is 1.71. The molecule has 2 aliphatic heterocycles. The van der Waals surface area contributed by atoms with Crippen LogP contribution >= 0.6 is 11.6 Å². The van der Waals surface area contributed by atoms with Crippen LogP contribution in [0, 0.1) is 11.8 Å². The number of anilines is 1. The summed E-state index contributed by atoms with van der Waals surface area (Å²) in [7, 11) is 3.50. The van der Waals surface area contributed by atoms with Gasteiger partial charge in [0, 0.05) is 31.1 Å². The van der Waals surface area contributed by atoms with Crippen LogP contribution in [-0.2, 0) is 9.59 Å². The summed E-state index contributed by atoms with van der Waals surface area (Å²) < 4.78 is 5.36. The van der Waals surface area contributed by atoms with Crippen molar-refractivity contribution in [1.29, 1.82) is 0 Å². The standard InChI is InChI=1S/C19H26ClN3O3/c1-21-10-13-4-3-7-22(11-13)19(25)14-8-18(24)23(12-14)16-9-15(20)5-6-17(16)26-2/h5-6,9,13-14,21H,3-4,7-8,10-12H2,1-2H3. The lowest BCUT2D eigenvalue weighted by atomic mass is 9.96. The summed E-state index contributed by atoms with van der Waals surface area (Å²) in [5, 5.41) is 3.73. The molecule has 26 heavy (non-hydrogen) atoms. The van der Waals surface area contributed by atoms with Crippen LogP contribution in [0.2, 0.25) is 5.02 Å². The van der Waals surface area contributed by atoms with Gasteiger partial charge in [0.2, 0.25) is 11.8 Å². The number of benzene rings is 1. The van der Waals surface area contributed by atoms with E-state index in [1.165, 1.54) is 0 Å². The smallest absolute Gasteiger partial charge is 0.228 e. The van der Waals surface area contributed by atoms with Crippen LogP contribution in [0.5, 0.6) is 5.75 Å². The van der Waals surface area contributed by atoms with Crippen molar-refractivity contribution >= 4 is 29.1 Å². The molecule has 0 bridgehead atoms. The second-order valence-corrected chi connectivity index (χ2v) is 7.51. The Kier molecular flexibility index (Phi) is 6.04. The molecular formula is C19H26ClN3O3. The number of methoxy groups -OCH3 is 1. The second-order valence-electron chi connectivity index (χ2n) is 7.07. The Bertz CT molecular complexity index is 680. The number of ether oxygens (including phenoxy) is 1. The Hall–Kier alpha value is -1.79. The molecule has 0 aliphatic carbocycles. The van der Waals surface area contributed by atoms with E-state index in [4.69, 9.17) is 16.3 Å². The average Bonchev–Trinajstić information content (AvgIpc) is 3.03. The predicted molar refractivity (Wildman–Crippen MR) is 102 cm³/mol. The minimum Gasteiger partial charge on any atom is -0.495 e. The number of halogens is 1. The summed E-state index contributed by atoms with van der Waals surface area (Å²) in [5.74, 6) is 0.789. The highest BCUT2D eigenvalue weighted by Gasteiger charge is 2.39. The van der Waals surface area contributed by atoms with E-state index in [1.54, 1.807) is 30.2 Å². The number of hydrogen-bond acceptors (Lipinski definition) is 4. The monoisotopic (exact) mass is 379 g/mol. The first-order valence-corrected chi connectivity index (χ1v) is 9.48. The molecule has 2 fully saturated rings. The quantitative estimate of drug-likeness (QED) is 0.851. The van der Waals surface area contributed by atoms with Crippen LogP contribution in [0.3, 0.4) is 0 Å². The van der Waals surface area contributed by atoms with Crippen molar-refractivity contribution in [2.24, 2.45) is 11.8 Å². The fourth-order valence-electron chi connectivity index (χ4n) is 3.96. The van der Waals surface area contributed by atoms with Crippen LogP contribution < -0.4 is 15.0 Å². The lowest BCUT2D eigenvalue weighted by Gasteiger charge is -2.34. The van der Waals surface area contributed by atoms with Crippen molar-refractivity contribution in [3.05, 3.63) is 23.2 Å². The Morgan fingerprint density at radius 2 is 2.19 bits per heavy atom. The SMILES string of the molecule is CNCC1CCCN(C(=O)C2CC(=O)N(c3cc(Cl)ccc3OC)C2)C1. The molecule has 142 valence electrons. The van der Waals surface area contributed by atoms with E-state index in [0.717, 1.165) is 32.5 Å². The van der Waals surface area contributed by atoms with Crippen molar-refractivity contribution in [2.45, 2.75) is 19.3 Å². The van der Waals surface area contributed by atoms with Crippen LogP contribution in [-0.4, -0.2) is 57.1 Å². The molecule has 2 atom stereocenters. The largest absolute Gasteiger partial charge is 0.495 e. The van der Waals surface area contributed by atoms with Gasteiger partial charge in [-0.15, -0.1) is 0 Å². The summed E-state index contributed by atoms with van der Waals surface area (Å²) >= 11 is 6.09. The van der Waals surface area contributed by atoms with Crippen LogP contribution in [0.25, 0.3) is 0 Å². The normalized spacial score (nSPS) is 23.4. The first-order valence-electron chi connectivity index (χ1n) is 9.10. The zero-order valence-corrected chi connectivity index (χ0v) is 16.1. The van der Waals surface area contributed by atoms with Crippen molar-refractivity contribution < 1.29 is 14.3 Å². The van der Waals surface area contributed by atoms with E-state index in [1.807, 2.05) is 11.9 Å². The van der Waals surface area contributed by atoms with Crippen molar-refractivity contribution in [3.63, 3.8) is 0 Å². The van der Waals surface area contributed by atoms with E-state index in [9.17, 15) is 9.59 Å². The zero-order chi connectivity index (χ0) is 18.7. The van der Waals surface area contributed by atoms with Gasteiger partial charge in [-0.1, -0.05) is 11.6 Å². The van der Waals surface area contributed by atoms with Gasteiger partial charge in [0.1, 0.15) is 5.75 Å². The highest BCUT2D eigenvalue weighted by molar-refractivity contribution is 6.31. The number of carbonyl (C=O) groups is 2. The van der Waals surface area contributed by atoms with Gasteiger partial charge in [0.15, 0.2) is 0 Å². The summed E-state index contributed by atoms with van der Waals surface area (Å²) in [6.07, 6.45) is 2.40. The Morgan fingerprint density at radius 1 is 1.38 bits per heavy atom. The van der Waals surface area contributed by atoms with Crippen molar-refractivity contribution in [2.75, 3.05) is 45.2 Å². The lowest BCUT2D eigenvalue weighted by Crippen LogP contribution is -2.45. The molecule has 1 aromatic carbocycles. The van der Waals surface area contributed by atoms with Gasteiger partial charge in [-0.3, -0.25) is 9.59 Å². The molecule has 3 rings (SSSR count). The van der Waals surface area contributed by atoms with E-state index in [-0.39, 0.29) is 24.2 Å². The molecule has 7 heteroatoms. The highest BCUT2D eigenvalue weighted by atomic mass is 35.5. The van der Waals surface area contributed by atoms with E-state index >= 15 is 0 Å². The van der Waals surface area contributed by atoms with E-state index in [0.29, 0.717) is 28.9 Å². The number of amides is 2. The van der Waals surface area contributed by atoms with Gasteiger partial charge in [0.25, 0.3) is 0 Å². The molecule has 0 aromatic heterocycles. The van der Waals surface area contributed by atoms with Crippen LogP contribution in [0.15, 0.2) is 18.2 Å². The zero-order valence-electron chi connectivity index (χ0n) is 15.3. The van der Waals surface area contributed by atoms with Crippen molar-refractivity contribution in [3.8, 4) is 5.75 Å². The van der Waals surface area contributed by atoms with Gasteiger partial charge in [-0.05, 0) is 50.6 Å². The lowest BCUT2D eigenvalue weighted by molar-refractivity contribution is -0.137. The van der Waals surface area contributed by atoms with E-state index in [2.05, 4.69) is 5.32 Å².